The zero-order chi connectivity index (χ0) is 40.1. The van der Waals surface area contributed by atoms with Crippen LogP contribution >= 0.6 is 11.3 Å². The van der Waals surface area contributed by atoms with E-state index in [1.54, 1.807) is 11.3 Å². The van der Waals surface area contributed by atoms with Crippen molar-refractivity contribution in [2.75, 3.05) is 20.2 Å². The lowest BCUT2D eigenvalue weighted by molar-refractivity contribution is -0.134. The number of carbonyl (C=O) groups is 3. The number of benzene rings is 4. The zero-order valence-corrected chi connectivity index (χ0v) is 33.9. The molecule has 58 heavy (non-hydrogen) atoms. The highest BCUT2D eigenvalue weighted by atomic mass is 32.1. The molecule has 6 aromatic rings. The summed E-state index contributed by atoms with van der Waals surface area (Å²) in [6, 6.07) is 27.7. The van der Waals surface area contributed by atoms with E-state index in [0.717, 1.165) is 82.1 Å². The van der Waals surface area contributed by atoms with Gasteiger partial charge >= 0.3 is 12.2 Å². The van der Waals surface area contributed by atoms with E-state index in [0.29, 0.717) is 18.7 Å². The van der Waals surface area contributed by atoms with E-state index >= 15 is 0 Å². The largest absolute Gasteiger partial charge is 0.453 e. The topological polar surface area (TPSA) is 129 Å². The Hall–Kier alpha value is -6.01. The van der Waals surface area contributed by atoms with Gasteiger partial charge in [-0.25, -0.2) is 14.6 Å². The molecule has 0 bridgehead atoms. The number of aromatic nitrogens is 2. The van der Waals surface area contributed by atoms with Crippen molar-refractivity contribution < 1.29 is 23.9 Å². The van der Waals surface area contributed by atoms with Crippen molar-refractivity contribution in [3.8, 4) is 10.4 Å². The van der Waals surface area contributed by atoms with Crippen LogP contribution in [0.3, 0.4) is 0 Å². The summed E-state index contributed by atoms with van der Waals surface area (Å²) in [6.07, 6.45) is 5.20. The summed E-state index contributed by atoms with van der Waals surface area (Å²) in [6.45, 7) is 6.96. The van der Waals surface area contributed by atoms with Crippen LogP contribution in [-0.4, -0.2) is 75.4 Å². The van der Waals surface area contributed by atoms with Gasteiger partial charge in [-0.05, 0) is 104 Å². The summed E-state index contributed by atoms with van der Waals surface area (Å²) < 4.78 is 11.8. The molecule has 9 rings (SSSR count). The summed E-state index contributed by atoms with van der Waals surface area (Å²) >= 11 is 1.77. The number of rotatable bonds is 7. The van der Waals surface area contributed by atoms with Gasteiger partial charge in [0.25, 0.3) is 5.91 Å². The van der Waals surface area contributed by atoms with Gasteiger partial charge in [-0.1, -0.05) is 60.7 Å². The number of H-pyrrole nitrogens is 1. The number of allylic oxidation sites excluding steroid dienone is 1. The van der Waals surface area contributed by atoms with Crippen molar-refractivity contribution in [1.82, 2.24) is 25.1 Å². The number of aromatic amines is 1. The fourth-order valence-electron chi connectivity index (χ4n) is 8.58. The van der Waals surface area contributed by atoms with E-state index < -0.39 is 17.7 Å². The molecule has 4 aromatic carbocycles. The molecule has 3 atom stereocenters. The van der Waals surface area contributed by atoms with Crippen molar-refractivity contribution in [2.45, 2.75) is 76.6 Å². The van der Waals surface area contributed by atoms with Crippen LogP contribution in [0.2, 0.25) is 0 Å². The standard InChI is InChI=1S/C46H46N6O5S/c1-46(2,3)57-45(55)52-21-8-12-36(52)35-23-32(26-47-35)28-14-15-31-25-39(58-38(31)24-28)30-16-18-33-29(22-30)17-19-34-41(33)49-42(48-34)37-13-9-20-51(37)43(53)40(50-44(54)56-4)27-10-6-5-7-11-27/h5-7,10-11,14-19,22,24-26,36-37,40H,8-9,12-13,20-21,23H2,1-4H3,(H,48,49)(H,50,54)/t36-,37-,40+/m0/s1. The van der Waals surface area contributed by atoms with E-state index in [4.69, 9.17) is 19.5 Å². The van der Waals surface area contributed by atoms with Gasteiger partial charge < -0.3 is 24.7 Å². The maximum atomic E-state index is 14.1. The van der Waals surface area contributed by atoms with Crippen LogP contribution in [0.4, 0.5) is 9.59 Å². The molecule has 3 amide bonds. The third-order valence-corrected chi connectivity index (χ3v) is 12.5. The molecule has 2 N–H and O–H groups in total. The minimum atomic E-state index is -0.875. The third-order valence-electron chi connectivity index (χ3n) is 11.4. The highest BCUT2D eigenvalue weighted by Crippen LogP contribution is 2.40. The number of thiophene rings is 1. The number of fused-ring (bicyclic) bond motifs is 4. The number of alkyl carbamates (subject to hydrolysis) is 1. The van der Waals surface area contributed by atoms with Crippen molar-refractivity contribution in [1.29, 1.82) is 0 Å². The first-order valence-corrected chi connectivity index (χ1v) is 20.8. The van der Waals surface area contributed by atoms with Crippen LogP contribution in [0.15, 0.2) is 96.1 Å². The summed E-state index contributed by atoms with van der Waals surface area (Å²) in [4.78, 5) is 57.6. The number of likely N-dealkylation sites (tertiary alicyclic amines) is 2. The van der Waals surface area contributed by atoms with Gasteiger partial charge in [0.2, 0.25) is 0 Å². The second-order valence-electron chi connectivity index (χ2n) is 16.3. The lowest BCUT2D eigenvalue weighted by Gasteiger charge is -2.28. The van der Waals surface area contributed by atoms with Gasteiger partial charge in [-0.2, -0.15) is 0 Å². The Bertz CT molecular complexity index is 2640. The van der Waals surface area contributed by atoms with Crippen LogP contribution in [0.25, 0.3) is 47.9 Å². The molecule has 296 valence electrons. The predicted molar refractivity (Wildman–Crippen MR) is 229 cm³/mol. The molecule has 2 fully saturated rings. The predicted octanol–water partition coefficient (Wildman–Crippen LogP) is 9.94. The molecule has 3 aliphatic rings. The average molecular weight is 795 g/mol. The molecule has 0 saturated carbocycles. The smallest absolute Gasteiger partial charge is 0.410 e. The molecule has 5 heterocycles. The van der Waals surface area contributed by atoms with Crippen molar-refractivity contribution >= 4 is 72.6 Å². The molecule has 2 aromatic heterocycles. The SMILES string of the molecule is COC(=O)N[C@@H](C(=O)N1CCC[C@H]1c1nc2c(ccc3cc(-c4cc5ccc(C6=CN=C([C@@H]7CCCN7C(=O)OC(C)(C)C)C6)cc5s4)ccc32)[nH]1)c1ccccc1. The normalized spacial score (nSPS) is 18.8. The number of ether oxygens (including phenoxy) is 2. The Balaban J connectivity index is 0.928. The number of nitrogens with one attached hydrogen (secondary N) is 2. The second-order valence-corrected chi connectivity index (χ2v) is 17.4. The van der Waals surface area contributed by atoms with E-state index in [9.17, 15) is 14.4 Å². The first kappa shape index (κ1) is 37.6. The Morgan fingerprint density at radius 1 is 0.879 bits per heavy atom. The maximum absolute atomic E-state index is 14.1. The number of aliphatic imine (C=N–C) groups is 1. The zero-order valence-electron chi connectivity index (χ0n) is 33.1. The number of nitrogens with zero attached hydrogens (tertiary/aromatic N) is 4. The fraction of sp³-hybridized carbons (Fsp3) is 0.326. The molecule has 12 heteroatoms. The van der Waals surface area contributed by atoms with Crippen LogP contribution in [-0.2, 0) is 14.3 Å². The number of imidazole rings is 1. The molecule has 11 nitrogen and oxygen atoms in total. The van der Waals surface area contributed by atoms with Gasteiger partial charge in [0.05, 0.1) is 30.2 Å². The summed E-state index contributed by atoms with van der Waals surface area (Å²) in [5.74, 6) is 0.541. The van der Waals surface area contributed by atoms with E-state index in [1.807, 2.05) is 67.1 Å². The van der Waals surface area contributed by atoms with Gasteiger partial charge in [0.1, 0.15) is 17.5 Å². The van der Waals surface area contributed by atoms with Crippen molar-refractivity contribution in [3.05, 3.63) is 108 Å². The molecule has 0 spiro atoms. The molecule has 0 unspecified atom stereocenters. The fourth-order valence-corrected chi connectivity index (χ4v) is 9.67. The van der Waals surface area contributed by atoms with Crippen LogP contribution in [0.1, 0.15) is 81.9 Å². The van der Waals surface area contributed by atoms with E-state index in [2.05, 4.69) is 64.9 Å². The third kappa shape index (κ3) is 7.21. The van der Waals surface area contributed by atoms with Crippen LogP contribution < -0.4 is 5.32 Å². The van der Waals surface area contributed by atoms with Gasteiger partial charge in [0, 0.05) is 46.4 Å². The number of amides is 3. The van der Waals surface area contributed by atoms with Gasteiger partial charge in [-0.3, -0.25) is 14.7 Å². The lowest BCUT2D eigenvalue weighted by Crippen LogP contribution is -2.43. The van der Waals surface area contributed by atoms with Gasteiger partial charge in [0.15, 0.2) is 0 Å². The first-order chi connectivity index (χ1) is 28.0. The second kappa shape index (κ2) is 15.1. The van der Waals surface area contributed by atoms with Crippen molar-refractivity contribution in [2.24, 2.45) is 4.99 Å². The summed E-state index contributed by atoms with van der Waals surface area (Å²) in [5.41, 5.74) is 6.41. The Morgan fingerprint density at radius 3 is 2.43 bits per heavy atom. The Morgan fingerprint density at radius 2 is 1.64 bits per heavy atom. The molecular formula is C46H46N6O5S. The van der Waals surface area contributed by atoms with Crippen molar-refractivity contribution in [3.63, 3.8) is 0 Å². The molecule has 2 saturated heterocycles. The quantitative estimate of drug-likeness (QED) is 0.166. The molecule has 3 aliphatic heterocycles. The summed E-state index contributed by atoms with van der Waals surface area (Å²) in [5, 5.41) is 6.05. The van der Waals surface area contributed by atoms with E-state index in [-0.39, 0.29) is 24.1 Å². The number of hydrogen-bond donors (Lipinski definition) is 2. The summed E-state index contributed by atoms with van der Waals surface area (Å²) in [7, 11) is 1.29. The number of methoxy groups -OCH3 is 1. The Labute approximate surface area is 340 Å². The van der Waals surface area contributed by atoms with E-state index in [1.165, 1.54) is 22.1 Å². The average Bonchev–Trinajstić information content (AvgIpc) is 4.07. The van der Waals surface area contributed by atoms with Crippen LogP contribution in [0, 0.1) is 0 Å². The Kier molecular flexibility index (Phi) is 9.75. The van der Waals surface area contributed by atoms with Gasteiger partial charge in [-0.15, -0.1) is 11.3 Å². The molecule has 0 radical (unpaired) electrons. The highest BCUT2D eigenvalue weighted by Gasteiger charge is 2.38. The van der Waals surface area contributed by atoms with Crippen LogP contribution in [0.5, 0.6) is 0 Å². The number of carbonyl (C=O) groups excluding carboxylic acids is 3. The monoisotopic (exact) mass is 794 g/mol. The maximum Gasteiger partial charge on any atom is 0.410 e. The number of hydrogen-bond acceptors (Lipinski definition) is 8. The lowest BCUT2D eigenvalue weighted by atomic mass is 9.98. The first-order valence-electron chi connectivity index (χ1n) is 19.9. The minimum absolute atomic E-state index is 0.0287. The highest BCUT2D eigenvalue weighted by molar-refractivity contribution is 7.22. The molecular weight excluding hydrogens is 749 g/mol. The minimum Gasteiger partial charge on any atom is -0.453 e. The molecule has 0 aliphatic carbocycles.